The Hall–Kier alpha value is -2.29. The van der Waals surface area contributed by atoms with Gasteiger partial charge in [0, 0.05) is 16.8 Å². The molecule has 0 saturated heterocycles. The summed E-state index contributed by atoms with van der Waals surface area (Å²) in [7, 11) is 1.64. The SMILES string of the molecule is COc1c(C)cc(C(=O)c2c(C)cccc2N)cc1C. The molecule has 0 amide bonds. The number of anilines is 1. The Balaban J connectivity index is 2.55. The highest BCUT2D eigenvalue weighted by molar-refractivity contribution is 6.13. The first-order valence-electron chi connectivity index (χ1n) is 6.50. The Bertz CT molecular complexity index is 631. The minimum atomic E-state index is -0.0468. The van der Waals surface area contributed by atoms with Crippen molar-refractivity contribution in [2.75, 3.05) is 12.8 Å². The second-order valence-corrected chi connectivity index (χ2v) is 5.01. The van der Waals surface area contributed by atoms with Crippen molar-refractivity contribution >= 4 is 11.5 Å². The van der Waals surface area contributed by atoms with Crippen LogP contribution < -0.4 is 10.5 Å². The third kappa shape index (κ3) is 2.39. The van der Waals surface area contributed by atoms with E-state index in [1.54, 1.807) is 13.2 Å². The molecular weight excluding hydrogens is 250 g/mol. The average Bonchev–Trinajstić information content (AvgIpc) is 2.37. The number of benzene rings is 2. The lowest BCUT2D eigenvalue weighted by atomic mass is 9.95. The molecule has 0 bridgehead atoms. The predicted molar refractivity (Wildman–Crippen MR) is 81.5 cm³/mol. The van der Waals surface area contributed by atoms with Crippen LogP contribution in [0.5, 0.6) is 5.75 Å². The molecule has 3 nitrogen and oxygen atoms in total. The van der Waals surface area contributed by atoms with Gasteiger partial charge in [-0.05, 0) is 55.7 Å². The number of methoxy groups -OCH3 is 1. The zero-order valence-electron chi connectivity index (χ0n) is 12.3. The fourth-order valence-electron chi connectivity index (χ4n) is 2.55. The number of hydrogen-bond acceptors (Lipinski definition) is 3. The van der Waals surface area contributed by atoms with Crippen LogP contribution in [0.15, 0.2) is 30.3 Å². The minimum Gasteiger partial charge on any atom is -0.496 e. The summed E-state index contributed by atoms with van der Waals surface area (Å²) in [5.41, 5.74) is 10.5. The zero-order chi connectivity index (χ0) is 14.9. The predicted octanol–water partition coefficient (Wildman–Crippen LogP) is 3.43. The van der Waals surface area contributed by atoms with Crippen LogP contribution in [0.4, 0.5) is 5.69 Å². The summed E-state index contributed by atoms with van der Waals surface area (Å²) in [6.45, 7) is 5.76. The molecule has 3 heteroatoms. The summed E-state index contributed by atoms with van der Waals surface area (Å²) in [4.78, 5) is 12.7. The lowest BCUT2D eigenvalue weighted by molar-refractivity contribution is 0.103. The Morgan fingerprint density at radius 2 is 1.65 bits per heavy atom. The molecule has 0 spiro atoms. The highest BCUT2D eigenvalue weighted by atomic mass is 16.5. The van der Waals surface area contributed by atoms with E-state index in [0.29, 0.717) is 16.8 Å². The molecule has 2 aromatic rings. The van der Waals surface area contributed by atoms with Gasteiger partial charge < -0.3 is 10.5 Å². The molecule has 0 aliphatic carbocycles. The molecule has 0 aromatic heterocycles. The van der Waals surface area contributed by atoms with E-state index in [4.69, 9.17) is 10.5 Å². The van der Waals surface area contributed by atoms with E-state index in [2.05, 4.69) is 0 Å². The summed E-state index contributed by atoms with van der Waals surface area (Å²) in [6.07, 6.45) is 0. The molecule has 0 saturated carbocycles. The first-order valence-corrected chi connectivity index (χ1v) is 6.50. The lowest BCUT2D eigenvalue weighted by Crippen LogP contribution is -2.08. The molecule has 0 radical (unpaired) electrons. The maximum absolute atomic E-state index is 12.7. The molecular formula is C17H19NO2. The van der Waals surface area contributed by atoms with E-state index in [1.165, 1.54) is 0 Å². The van der Waals surface area contributed by atoms with Gasteiger partial charge in [-0.2, -0.15) is 0 Å². The van der Waals surface area contributed by atoms with Crippen molar-refractivity contribution in [1.82, 2.24) is 0 Å². The van der Waals surface area contributed by atoms with Gasteiger partial charge in [-0.3, -0.25) is 4.79 Å². The Morgan fingerprint density at radius 1 is 1.05 bits per heavy atom. The Labute approximate surface area is 119 Å². The van der Waals surface area contributed by atoms with E-state index in [9.17, 15) is 4.79 Å². The van der Waals surface area contributed by atoms with Gasteiger partial charge in [0.05, 0.1) is 7.11 Å². The van der Waals surface area contributed by atoms with Crippen molar-refractivity contribution in [1.29, 1.82) is 0 Å². The molecule has 2 N–H and O–H groups in total. The van der Waals surface area contributed by atoms with Crippen molar-refractivity contribution in [2.45, 2.75) is 20.8 Å². The summed E-state index contributed by atoms with van der Waals surface area (Å²) in [5.74, 6) is 0.772. The molecule has 0 unspecified atom stereocenters. The maximum Gasteiger partial charge on any atom is 0.195 e. The lowest BCUT2D eigenvalue weighted by Gasteiger charge is -2.13. The van der Waals surface area contributed by atoms with Crippen LogP contribution in [0, 0.1) is 20.8 Å². The van der Waals surface area contributed by atoms with E-state index >= 15 is 0 Å². The van der Waals surface area contributed by atoms with Gasteiger partial charge >= 0.3 is 0 Å². The van der Waals surface area contributed by atoms with Gasteiger partial charge in [0.1, 0.15) is 5.75 Å². The highest BCUT2D eigenvalue weighted by Gasteiger charge is 2.17. The topological polar surface area (TPSA) is 52.3 Å². The average molecular weight is 269 g/mol. The van der Waals surface area contributed by atoms with Gasteiger partial charge in [0.15, 0.2) is 5.78 Å². The van der Waals surface area contributed by atoms with Crippen LogP contribution in [0.2, 0.25) is 0 Å². The number of ketones is 1. The Morgan fingerprint density at radius 3 is 2.15 bits per heavy atom. The number of carbonyl (C=O) groups excluding carboxylic acids is 1. The van der Waals surface area contributed by atoms with E-state index in [1.807, 2.05) is 45.0 Å². The molecule has 0 fully saturated rings. The molecule has 0 aliphatic heterocycles. The summed E-state index contributed by atoms with van der Waals surface area (Å²) < 4.78 is 5.33. The van der Waals surface area contributed by atoms with Crippen molar-refractivity contribution in [3.05, 3.63) is 58.1 Å². The second-order valence-electron chi connectivity index (χ2n) is 5.01. The monoisotopic (exact) mass is 269 g/mol. The van der Waals surface area contributed by atoms with Crippen LogP contribution in [-0.2, 0) is 0 Å². The third-order valence-electron chi connectivity index (χ3n) is 3.46. The van der Waals surface area contributed by atoms with Gasteiger partial charge in [-0.15, -0.1) is 0 Å². The van der Waals surface area contributed by atoms with Crippen LogP contribution in [-0.4, -0.2) is 12.9 Å². The fraction of sp³-hybridized carbons (Fsp3) is 0.235. The van der Waals surface area contributed by atoms with Crippen LogP contribution in [0.25, 0.3) is 0 Å². The number of rotatable bonds is 3. The van der Waals surface area contributed by atoms with Crippen molar-refractivity contribution in [3.63, 3.8) is 0 Å². The van der Waals surface area contributed by atoms with Gasteiger partial charge in [0.2, 0.25) is 0 Å². The number of ether oxygens (including phenoxy) is 1. The van der Waals surface area contributed by atoms with Crippen molar-refractivity contribution in [2.24, 2.45) is 0 Å². The van der Waals surface area contributed by atoms with Gasteiger partial charge in [0.25, 0.3) is 0 Å². The quantitative estimate of drug-likeness (QED) is 0.686. The summed E-state index contributed by atoms with van der Waals surface area (Å²) in [6, 6.07) is 9.20. The normalized spacial score (nSPS) is 10.4. The van der Waals surface area contributed by atoms with E-state index < -0.39 is 0 Å². The smallest absolute Gasteiger partial charge is 0.195 e. The summed E-state index contributed by atoms with van der Waals surface area (Å²) in [5, 5.41) is 0. The first kappa shape index (κ1) is 14.1. The Kier molecular flexibility index (Phi) is 3.79. The second kappa shape index (κ2) is 5.37. The highest BCUT2D eigenvalue weighted by Crippen LogP contribution is 2.27. The standard InChI is InChI=1S/C17H19NO2/c1-10-6-5-7-14(18)15(10)16(19)13-8-11(2)17(20-4)12(3)9-13/h5-9H,18H2,1-4H3. The number of nitrogens with two attached hydrogens (primary N) is 1. The molecule has 104 valence electrons. The van der Waals surface area contributed by atoms with Crippen LogP contribution in [0.1, 0.15) is 32.6 Å². The van der Waals surface area contributed by atoms with E-state index in [-0.39, 0.29) is 5.78 Å². The number of hydrogen-bond donors (Lipinski definition) is 1. The number of aryl methyl sites for hydroxylation is 3. The summed E-state index contributed by atoms with van der Waals surface area (Å²) >= 11 is 0. The van der Waals surface area contributed by atoms with Crippen molar-refractivity contribution < 1.29 is 9.53 Å². The largest absolute Gasteiger partial charge is 0.496 e. The van der Waals surface area contributed by atoms with Crippen LogP contribution >= 0.6 is 0 Å². The third-order valence-corrected chi connectivity index (χ3v) is 3.46. The van der Waals surface area contributed by atoms with Gasteiger partial charge in [-0.1, -0.05) is 12.1 Å². The molecule has 0 aliphatic rings. The van der Waals surface area contributed by atoms with Crippen LogP contribution in [0.3, 0.4) is 0 Å². The molecule has 2 rings (SSSR count). The number of carbonyl (C=O) groups is 1. The first-order chi connectivity index (χ1) is 9.45. The van der Waals surface area contributed by atoms with Crippen molar-refractivity contribution in [3.8, 4) is 5.75 Å². The van der Waals surface area contributed by atoms with Gasteiger partial charge in [-0.25, -0.2) is 0 Å². The minimum absolute atomic E-state index is 0.0468. The fourth-order valence-corrected chi connectivity index (χ4v) is 2.55. The molecule has 20 heavy (non-hydrogen) atoms. The molecule has 2 aromatic carbocycles. The molecule has 0 heterocycles. The van der Waals surface area contributed by atoms with E-state index in [0.717, 1.165) is 22.4 Å². The maximum atomic E-state index is 12.7. The molecule has 0 atom stereocenters. The number of nitrogen functional groups attached to an aromatic ring is 1. The zero-order valence-corrected chi connectivity index (χ0v) is 12.3.